The number of aromatic nitrogens is 1. The maximum Gasteiger partial charge on any atom is 0.255 e. The van der Waals surface area contributed by atoms with E-state index in [1.54, 1.807) is 13.2 Å². The predicted molar refractivity (Wildman–Crippen MR) is 99.2 cm³/mol. The van der Waals surface area contributed by atoms with E-state index in [2.05, 4.69) is 10.5 Å². The third kappa shape index (κ3) is 5.72. The highest BCUT2D eigenvalue weighted by Crippen LogP contribution is 2.16. The van der Waals surface area contributed by atoms with Crippen molar-refractivity contribution in [2.24, 2.45) is 0 Å². The van der Waals surface area contributed by atoms with E-state index in [-0.39, 0.29) is 6.04 Å². The van der Waals surface area contributed by atoms with Crippen LogP contribution in [0.1, 0.15) is 31.6 Å². The van der Waals surface area contributed by atoms with Gasteiger partial charge in [0.2, 0.25) is 0 Å². The van der Waals surface area contributed by atoms with E-state index < -0.39 is 0 Å². The van der Waals surface area contributed by atoms with Gasteiger partial charge in [0.1, 0.15) is 17.3 Å². The topological polar surface area (TPSA) is 65.8 Å². The fourth-order valence-electron chi connectivity index (χ4n) is 2.22. The maximum atomic E-state index is 5.61. The number of thiocarbonyl (C=S) groups is 1. The summed E-state index contributed by atoms with van der Waals surface area (Å²) in [6.07, 6.45) is 0.940. The monoisotopic (exact) mass is 364 g/mol. The Hall–Kier alpha value is -2.12. The van der Waals surface area contributed by atoms with Crippen molar-refractivity contribution in [2.75, 3.05) is 20.3 Å². The SMILES string of the molecule is CC.COc1ccc(COc2cc(C(=S)NC3CCOC3)on2)cc1. The zero-order chi connectivity index (χ0) is 18.1. The first-order valence-corrected chi connectivity index (χ1v) is 8.76. The summed E-state index contributed by atoms with van der Waals surface area (Å²) in [6, 6.07) is 9.56. The Labute approximate surface area is 153 Å². The molecule has 1 saturated heterocycles. The molecule has 1 N–H and O–H groups in total. The van der Waals surface area contributed by atoms with Crippen molar-refractivity contribution in [3.05, 3.63) is 41.7 Å². The summed E-state index contributed by atoms with van der Waals surface area (Å²) in [5.74, 6) is 1.71. The number of nitrogens with zero attached hydrogens (tertiary/aromatic N) is 1. The van der Waals surface area contributed by atoms with Gasteiger partial charge in [0.15, 0.2) is 5.76 Å². The quantitative estimate of drug-likeness (QED) is 0.789. The molecular formula is C18H24N2O4S. The number of hydrogen-bond acceptors (Lipinski definition) is 6. The predicted octanol–water partition coefficient (Wildman–Crippen LogP) is 3.34. The Morgan fingerprint density at radius 3 is 2.72 bits per heavy atom. The van der Waals surface area contributed by atoms with Crippen LogP contribution >= 0.6 is 12.2 Å². The first kappa shape index (κ1) is 19.2. The van der Waals surface area contributed by atoms with Crippen molar-refractivity contribution in [1.29, 1.82) is 0 Å². The fourth-order valence-corrected chi connectivity index (χ4v) is 2.48. The van der Waals surface area contributed by atoms with Gasteiger partial charge in [-0.2, -0.15) is 0 Å². The first-order chi connectivity index (χ1) is 12.2. The van der Waals surface area contributed by atoms with E-state index >= 15 is 0 Å². The zero-order valence-electron chi connectivity index (χ0n) is 14.8. The molecule has 7 heteroatoms. The van der Waals surface area contributed by atoms with Gasteiger partial charge in [-0.15, -0.1) is 0 Å². The summed E-state index contributed by atoms with van der Waals surface area (Å²) in [5.41, 5.74) is 1.01. The van der Waals surface area contributed by atoms with Crippen LogP contribution in [-0.4, -0.2) is 36.5 Å². The van der Waals surface area contributed by atoms with Gasteiger partial charge in [0.05, 0.1) is 25.8 Å². The molecule has 0 radical (unpaired) electrons. The highest BCUT2D eigenvalue weighted by molar-refractivity contribution is 7.80. The van der Waals surface area contributed by atoms with Crippen LogP contribution in [0.5, 0.6) is 11.6 Å². The van der Waals surface area contributed by atoms with Gasteiger partial charge >= 0.3 is 0 Å². The average Bonchev–Trinajstić information content (AvgIpc) is 3.34. The van der Waals surface area contributed by atoms with Crippen molar-refractivity contribution in [3.8, 4) is 11.6 Å². The van der Waals surface area contributed by atoms with Gasteiger partial charge < -0.3 is 24.1 Å². The molecule has 0 bridgehead atoms. The molecule has 0 saturated carbocycles. The summed E-state index contributed by atoms with van der Waals surface area (Å²) in [4.78, 5) is 0.521. The Balaban J connectivity index is 0.00000109. The lowest BCUT2D eigenvalue weighted by atomic mass is 10.2. The lowest BCUT2D eigenvalue weighted by Crippen LogP contribution is -2.34. The van der Waals surface area contributed by atoms with Crippen molar-refractivity contribution >= 4 is 17.2 Å². The van der Waals surface area contributed by atoms with Crippen molar-refractivity contribution < 1.29 is 18.7 Å². The molecule has 1 atom stereocenters. The molecule has 0 amide bonds. The summed E-state index contributed by atoms with van der Waals surface area (Å²) in [6.45, 7) is 5.81. The van der Waals surface area contributed by atoms with Crippen LogP contribution in [0.25, 0.3) is 0 Å². The second-order valence-electron chi connectivity index (χ2n) is 5.20. The minimum Gasteiger partial charge on any atom is -0.497 e. The van der Waals surface area contributed by atoms with Crippen molar-refractivity contribution in [1.82, 2.24) is 10.5 Å². The molecule has 0 aliphatic carbocycles. The molecule has 3 rings (SSSR count). The smallest absolute Gasteiger partial charge is 0.255 e. The second-order valence-corrected chi connectivity index (χ2v) is 5.61. The highest BCUT2D eigenvalue weighted by atomic mass is 32.1. The summed E-state index contributed by atoms with van der Waals surface area (Å²) in [5, 5.41) is 7.08. The minimum absolute atomic E-state index is 0.233. The lowest BCUT2D eigenvalue weighted by Gasteiger charge is -2.10. The Morgan fingerprint density at radius 2 is 2.08 bits per heavy atom. The van der Waals surface area contributed by atoms with Gasteiger partial charge in [-0.3, -0.25) is 0 Å². The third-order valence-corrected chi connectivity index (χ3v) is 3.84. The van der Waals surface area contributed by atoms with Crippen molar-refractivity contribution in [2.45, 2.75) is 32.9 Å². The Morgan fingerprint density at radius 1 is 1.32 bits per heavy atom. The van der Waals surface area contributed by atoms with E-state index in [0.29, 0.717) is 29.8 Å². The van der Waals surface area contributed by atoms with Crippen LogP contribution < -0.4 is 14.8 Å². The van der Waals surface area contributed by atoms with Crippen molar-refractivity contribution in [3.63, 3.8) is 0 Å². The van der Waals surface area contributed by atoms with Crippen LogP contribution in [0, 0.1) is 0 Å². The summed E-state index contributed by atoms with van der Waals surface area (Å²) < 4.78 is 21.2. The van der Waals surface area contributed by atoms with E-state index in [0.717, 1.165) is 24.3 Å². The molecule has 2 aromatic rings. The van der Waals surface area contributed by atoms with Crippen LogP contribution in [0.4, 0.5) is 0 Å². The second kappa shape index (κ2) is 10.0. The molecular weight excluding hydrogens is 340 g/mol. The number of hydrogen-bond donors (Lipinski definition) is 1. The van der Waals surface area contributed by atoms with E-state index in [9.17, 15) is 0 Å². The molecule has 0 spiro atoms. The molecule has 1 aromatic heterocycles. The van der Waals surface area contributed by atoms with E-state index in [1.165, 1.54) is 0 Å². The van der Waals surface area contributed by atoms with Gasteiger partial charge in [-0.05, 0) is 29.3 Å². The van der Waals surface area contributed by atoms with Crippen LogP contribution in [-0.2, 0) is 11.3 Å². The maximum absolute atomic E-state index is 5.61. The largest absolute Gasteiger partial charge is 0.497 e. The number of nitrogens with one attached hydrogen (secondary N) is 1. The molecule has 2 heterocycles. The number of methoxy groups -OCH3 is 1. The molecule has 136 valence electrons. The van der Waals surface area contributed by atoms with Gasteiger partial charge in [0, 0.05) is 6.61 Å². The molecule has 1 aliphatic heterocycles. The van der Waals surface area contributed by atoms with Crippen LogP contribution in [0.15, 0.2) is 34.9 Å². The summed E-state index contributed by atoms with van der Waals surface area (Å²) in [7, 11) is 1.64. The molecule has 1 aromatic carbocycles. The minimum atomic E-state index is 0.233. The van der Waals surface area contributed by atoms with Gasteiger partial charge in [-0.25, -0.2) is 0 Å². The van der Waals surface area contributed by atoms with Gasteiger partial charge in [-0.1, -0.05) is 38.2 Å². The lowest BCUT2D eigenvalue weighted by molar-refractivity contribution is 0.192. The number of benzene rings is 1. The van der Waals surface area contributed by atoms with Gasteiger partial charge in [0.25, 0.3) is 5.88 Å². The molecule has 25 heavy (non-hydrogen) atoms. The standard InChI is InChI=1S/C16H18N2O4S.C2H6/c1-19-13-4-2-11(3-5-13)9-21-15-8-14(22-18-15)16(23)17-12-6-7-20-10-12;1-2/h2-5,8,12H,6-7,9-10H2,1H3,(H,17,23);1-2H3. The summed E-state index contributed by atoms with van der Waals surface area (Å²) >= 11 is 5.31. The first-order valence-electron chi connectivity index (χ1n) is 8.35. The third-order valence-electron chi connectivity index (χ3n) is 3.52. The molecule has 6 nitrogen and oxygen atoms in total. The van der Waals surface area contributed by atoms with Crippen LogP contribution in [0.3, 0.4) is 0 Å². The molecule has 1 aliphatic rings. The normalized spacial score (nSPS) is 15.9. The number of rotatable bonds is 6. The molecule has 1 fully saturated rings. The Kier molecular flexibility index (Phi) is 7.69. The zero-order valence-corrected chi connectivity index (χ0v) is 15.6. The average molecular weight is 364 g/mol. The van der Waals surface area contributed by atoms with E-state index in [1.807, 2.05) is 38.1 Å². The van der Waals surface area contributed by atoms with Crippen LogP contribution in [0.2, 0.25) is 0 Å². The highest BCUT2D eigenvalue weighted by Gasteiger charge is 2.19. The van der Waals surface area contributed by atoms with E-state index in [4.69, 9.17) is 31.0 Å². The number of ether oxygens (including phenoxy) is 3. The Bertz CT molecular complexity index is 651. The fraction of sp³-hybridized carbons (Fsp3) is 0.444. The molecule has 1 unspecified atom stereocenters.